The van der Waals surface area contributed by atoms with Gasteiger partial charge in [0.05, 0.1) is 12.1 Å². The fourth-order valence-electron chi connectivity index (χ4n) is 5.78. The van der Waals surface area contributed by atoms with E-state index in [1.807, 2.05) is 13.8 Å². The Bertz CT molecular complexity index is 1450. The number of methoxy groups -OCH3 is 1. The number of carbonyl (C=O) groups is 2. The highest BCUT2D eigenvalue weighted by atomic mass is 35.5. The van der Waals surface area contributed by atoms with Crippen LogP contribution in [0.2, 0.25) is 5.02 Å². The number of allylic oxidation sites excluding steroid dienone is 4. The topological polar surface area (TPSA) is 90.0 Å². The second kappa shape index (κ2) is 10.2. The highest BCUT2D eigenvalue weighted by molar-refractivity contribution is 7.87. The molecule has 0 saturated heterocycles. The van der Waals surface area contributed by atoms with Crippen molar-refractivity contribution < 1.29 is 26.9 Å². The van der Waals surface area contributed by atoms with Crippen LogP contribution < -0.4 is 8.92 Å². The molecule has 0 spiro atoms. The van der Waals surface area contributed by atoms with Crippen LogP contribution in [0.5, 0.6) is 11.5 Å². The van der Waals surface area contributed by atoms with Gasteiger partial charge in [0, 0.05) is 47.8 Å². The number of ether oxygens (including phenoxy) is 1. The summed E-state index contributed by atoms with van der Waals surface area (Å²) in [5.41, 5.74) is 4.72. The smallest absolute Gasteiger partial charge is 0.339 e. The maximum Gasteiger partial charge on any atom is 0.339 e. The molecule has 0 amide bonds. The Labute approximate surface area is 228 Å². The molecule has 200 valence electrons. The summed E-state index contributed by atoms with van der Waals surface area (Å²) in [6, 6.07) is 9.52. The Morgan fingerprint density at radius 2 is 1.53 bits per heavy atom. The first-order chi connectivity index (χ1) is 18.2. The summed E-state index contributed by atoms with van der Waals surface area (Å²) < 4.78 is 37.0. The average Bonchev–Trinajstić information content (AvgIpc) is 2.89. The molecule has 0 saturated carbocycles. The van der Waals surface area contributed by atoms with Gasteiger partial charge in [0.25, 0.3) is 0 Å². The van der Waals surface area contributed by atoms with Crippen LogP contribution in [0.1, 0.15) is 62.5 Å². The van der Waals surface area contributed by atoms with Gasteiger partial charge in [-0.3, -0.25) is 9.59 Å². The summed E-state index contributed by atoms with van der Waals surface area (Å²) in [4.78, 5) is 28.8. The predicted molar refractivity (Wildman–Crippen MR) is 144 cm³/mol. The molecule has 7 nitrogen and oxygen atoms in total. The van der Waals surface area contributed by atoms with Crippen molar-refractivity contribution in [2.24, 2.45) is 0 Å². The van der Waals surface area contributed by atoms with Gasteiger partial charge in [0.15, 0.2) is 17.3 Å². The summed E-state index contributed by atoms with van der Waals surface area (Å²) in [5, 5.41) is 0.0174. The number of ketones is 2. The molecule has 0 atom stereocenters. The predicted octanol–water partition coefficient (Wildman–Crippen LogP) is 5.86. The minimum Gasteiger partial charge on any atom is -0.493 e. The fraction of sp³-hybridized carbons (Fsp3) is 0.379. The molecule has 3 aliphatic rings. The molecule has 38 heavy (non-hydrogen) atoms. The van der Waals surface area contributed by atoms with Crippen molar-refractivity contribution in [3.8, 4) is 11.5 Å². The molecular weight excluding hydrogens is 526 g/mol. The molecule has 2 aliphatic carbocycles. The molecule has 0 radical (unpaired) electrons. The van der Waals surface area contributed by atoms with E-state index in [0.29, 0.717) is 36.1 Å². The van der Waals surface area contributed by atoms with Crippen molar-refractivity contribution in [3.63, 3.8) is 0 Å². The second-order valence-corrected chi connectivity index (χ2v) is 11.8. The zero-order valence-corrected chi connectivity index (χ0v) is 23.2. The monoisotopic (exact) mass is 555 g/mol. The largest absolute Gasteiger partial charge is 0.493 e. The molecule has 2 aromatic rings. The molecule has 0 fully saturated rings. The molecule has 1 aliphatic heterocycles. The fourth-order valence-corrected chi connectivity index (χ4v) is 7.04. The van der Waals surface area contributed by atoms with E-state index in [4.69, 9.17) is 20.5 Å². The SMILES string of the molecule is CCN1C2=C(C(=O)CCC2)C(c2cc(Cl)c(OS(=O)(=O)c3ccc(C)cc3)c(OC)c2)C2=C1CCCC2=O. The van der Waals surface area contributed by atoms with Crippen LogP contribution in [0.15, 0.2) is 63.8 Å². The van der Waals surface area contributed by atoms with Crippen LogP contribution >= 0.6 is 11.6 Å². The Balaban J connectivity index is 1.64. The van der Waals surface area contributed by atoms with Crippen LogP contribution in [-0.4, -0.2) is 38.5 Å². The maximum atomic E-state index is 13.3. The van der Waals surface area contributed by atoms with Crippen LogP contribution in [0.4, 0.5) is 0 Å². The normalized spacial score (nSPS) is 18.5. The minimum atomic E-state index is -4.19. The first-order valence-corrected chi connectivity index (χ1v) is 14.6. The lowest BCUT2D eigenvalue weighted by molar-refractivity contribution is -0.117. The van der Waals surface area contributed by atoms with Gasteiger partial charge >= 0.3 is 10.1 Å². The molecule has 1 heterocycles. The molecule has 9 heteroatoms. The highest BCUT2D eigenvalue weighted by Crippen LogP contribution is 2.51. The van der Waals surface area contributed by atoms with Gasteiger partial charge in [-0.2, -0.15) is 8.42 Å². The summed E-state index contributed by atoms with van der Waals surface area (Å²) in [6.45, 7) is 4.57. The maximum absolute atomic E-state index is 13.3. The molecule has 0 unspecified atom stereocenters. The summed E-state index contributed by atoms with van der Waals surface area (Å²) in [5.74, 6) is -0.568. The van der Waals surface area contributed by atoms with Gasteiger partial charge in [-0.25, -0.2) is 0 Å². The number of benzene rings is 2. The molecule has 0 aromatic heterocycles. The number of aryl methyl sites for hydroxylation is 1. The van der Waals surface area contributed by atoms with E-state index in [1.165, 1.54) is 19.2 Å². The van der Waals surface area contributed by atoms with Gasteiger partial charge < -0.3 is 13.8 Å². The lowest BCUT2D eigenvalue weighted by atomic mass is 9.71. The van der Waals surface area contributed by atoms with E-state index in [2.05, 4.69) is 4.90 Å². The quantitative estimate of drug-likeness (QED) is 0.412. The number of nitrogens with zero attached hydrogens (tertiary/aromatic N) is 1. The van der Waals surface area contributed by atoms with Crippen molar-refractivity contribution in [2.75, 3.05) is 13.7 Å². The Hall–Kier alpha value is -3.10. The van der Waals surface area contributed by atoms with E-state index in [9.17, 15) is 18.0 Å². The lowest BCUT2D eigenvalue weighted by Gasteiger charge is -2.43. The van der Waals surface area contributed by atoms with Gasteiger partial charge in [-0.15, -0.1) is 0 Å². The van der Waals surface area contributed by atoms with E-state index in [0.717, 1.165) is 42.6 Å². The molecular formula is C29H30ClNO6S. The van der Waals surface area contributed by atoms with Crippen LogP contribution in [-0.2, 0) is 19.7 Å². The number of hydrogen-bond acceptors (Lipinski definition) is 7. The third-order valence-corrected chi connectivity index (χ3v) is 9.01. The van der Waals surface area contributed by atoms with Gasteiger partial charge in [-0.1, -0.05) is 29.3 Å². The van der Waals surface area contributed by atoms with Gasteiger partial charge in [0.1, 0.15) is 4.90 Å². The third-order valence-electron chi connectivity index (χ3n) is 7.49. The Kier molecular flexibility index (Phi) is 7.13. The molecule has 5 rings (SSSR count). The average molecular weight is 556 g/mol. The Morgan fingerprint density at radius 1 is 0.947 bits per heavy atom. The van der Waals surface area contributed by atoms with E-state index in [1.54, 1.807) is 24.3 Å². The van der Waals surface area contributed by atoms with Crippen molar-refractivity contribution in [3.05, 3.63) is 75.1 Å². The summed E-state index contributed by atoms with van der Waals surface area (Å²) in [7, 11) is -2.79. The lowest BCUT2D eigenvalue weighted by Crippen LogP contribution is -2.39. The zero-order valence-electron chi connectivity index (χ0n) is 21.7. The van der Waals surface area contributed by atoms with Crippen LogP contribution in [0, 0.1) is 6.92 Å². The summed E-state index contributed by atoms with van der Waals surface area (Å²) >= 11 is 6.65. The molecule has 0 bridgehead atoms. The highest BCUT2D eigenvalue weighted by Gasteiger charge is 2.43. The third kappa shape index (κ3) is 4.54. The van der Waals surface area contributed by atoms with Crippen molar-refractivity contribution >= 4 is 33.3 Å². The van der Waals surface area contributed by atoms with Crippen molar-refractivity contribution in [1.82, 2.24) is 4.90 Å². The Morgan fingerprint density at radius 3 is 2.05 bits per heavy atom. The van der Waals surface area contributed by atoms with Crippen LogP contribution in [0.25, 0.3) is 0 Å². The number of halogens is 1. The standard InChI is InChI=1S/C29H30ClNO6S/c1-4-31-21-7-5-9-23(32)27(21)26(28-22(31)8-6-10-24(28)33)18-15-20(30)29(25(16-18)36-3)37-38(34,35)19-13-11-17(2)12-14-19/h11-16,26H,4-10H2,1-3H3. The van der Waals surface area contributed by atoms with Crippen molar-refractivity contribution in [2.45, 2.75) is 63.2 Å². The van der Waals surface area contributed by atoms with Crippen LogP contribution in [0.3, 0.4) is 0 Å². The second-order valence-electron chi connectivity index (χ2n) is 9.84. The summed E-state index contributed by atoms with van der Waals surface area (Å²) in [6.07, 6.45) is 3.90. The first kappa shape index (κ1) is 26.5. The number of rotatable bonds is 6. The molecule has 0 N–H and O–H groups in total. The zero-order chi connectivity index (χ0) is 27.2. The molecule has 2 aromatic carbocycles. The van der Waals surface area contributed by atoms with Gasteiger partial charge in [-0.05, 0) is 69.4 Å². The number of hydrogen-bond donors (Lipinski definition) is 0. The van der Waals surface area contributed by atoms with E-state index in [-0.39, 0.29) is 33.0 Å². The minimum absolute atomic E-state index is 0.0116. The first-order valence-electron chi connectivity index (χ1n) is 12.8. The van der Waals surface area contributed by atoms with Gasteiger partial charge in [0.2, 0.25) is 5.75 Å². The number of carbonyl (C=O) groups excluding carboxylic acids is 2. The van der Waals surface area contributed by atoms with E-state index >= 15 is 0 Å². The van der Waals surface area contributed by atoms with E-state index < -0.39 is 16.0 Å². The van der Waals surface area contributed by atoms with Crippen molar-refractivity contribution in [1.29, 1.82) is 0 Å². The number of Topliss-reactive ketones (excluding diaryl/α,β-unsaturated/α-hetero) is 2.